The third-order valence-electron chi connectivity index (χ3n) is 2.34. The van der Waals surface area contributed by atoms with Crippen molar-refractivity contribution in [2.24, 2.45) is 0 Å². The van der Waals surface area contributed by atoms with Gasteiger partial charge in [0.2, 0.25) is 0 Å². The lowest BCUT2D eigenvalue weighted by atomic mass is 10.2. The molecule has 0 heterocycles. The van der Waals surface area contributed by atoms with E-state index in [-0.39, 0.29) is 24.1 Å². The first kappa shape index (κ1) is 15.7. The van der Waals surface area contributed by atoms with Gasteiger partial charge in [-0.15, -0.1) is 0 Å². The van der Waals surface area contributed by atoms with Crippen LogP contribution in [0.15, 0.2) is 12.1 Å². The van der Waals surface area contributed by atoms with E-state index < -0.39 is 5.82 Å². The summed E-state index contributed by atoms with van der Waals surface area (Å²) in [5, 5.41) is 2.86. The molecule has 0 aliphatic heterocycles. The van der Waals surface area contributed by atoms with Crippen molar-refractivity contribution < 1.29 is 18.7 Å². The van der Waals surface area contributed by atoms with E-state index >= 15 is 0 Å². The third-order valence-corrected chi connectivity index (χ3v) is 2.63. The summed E-state index contributed by atoms with van der Waals surface area (Å²) in [6.07, 6.45) is 0. The number of nitrogens with one attached hydrogen (secondary N) is 1. The van der Waals surface area contributed by atoms with Crippen molar-refractivity contribution in [3.63, 3.8) is 0 Å². The van der Waals surface area contributed by atoms with Crippen molar-refractivity contribution >= 4 is 23.3 Å². The zero-order valence-electron chi connectivity index (χ0n) is 11.0. The van der Waals surface area contributed by atoms with Crippen LogP contribution in [0, 0.1) is 5.82 Å². The van der Waals surface area contributed by atoms with Gasteiger partial charge in [-0.3, -0.25) is 4.79 Å². The van der Waals surface area contributed by atoms with E-state index in [1.54, 1.807) is 6.92 Å². The molecule has 1 aromatic rings. The first-order chi connectivity index (χ1) is 9.08. The zero-order chi connectivity index (χ0) is 14.3. The SMILES string of the molecule is CCOCc1cc(F)c(Cl)cc1NCC(=O)OCC. The normalized spacial score (nSPS) is 10.3. The first-order valence-corrected chi connectivity index (χ1v) is 6.41. The summed E-state index contributed by atoms with van der Waals surface area (Å²) in [5.74, 6) is -0.900. The summed E-state index contributed by atoms with van der Waals surface area (Å²) in [7, 11) is 0. The molecule has 0 spiro atoms. The predicted molar refractivity (Wildman–Crippen MR) is 71.9 cm³/mol. The minimum absolute atomic E-state index is 0.00503. The van der Waals surface area contributed by atoms with E-state index in [1.807, 2.05) is 6.92 Å². The molecular formula is C13H17ClFNO3. The Morgan fingerprint density at radius 2 is 2.11 bits per heavy atom. The molecule has 6 heteroatoms. The van der Waals surface area contributed by atoms with Gasteiger partial charge in [0.05, 0.1) is 18.2 Å². The summed E-state index contributed by atoms with van der Waals surface area (Å²) in [4.78, 5) is 11.3. The lowest BCUT2D eigenvalue weighted by Gasteiger charge is -2.12. The maximum Gasteiger partial charge on any atom is 0.325 e. The number of halogens is 2. The Kier molecular flexibility index (Phi) is 6.59. The highest BCUT2D eigenvalue weighted by molar-refractivity contribution is 6.31. The smallest absolute Gasteiger partial charge is 0.325 e. The summed E-state index contributed by atoms with van der Waals surface area (Å²) in [6.45, 7) is 4.65. The van der Waals surface area contributed by atoms with E-state index in [9.17, 15) is 9.18 Å². The molecule has 4 nitrogen and oxygen atoms in total. The molecule has 0 aliphatic carbocycles. The van der Waals surface area contributed by atoms with Gasteiger partial charge >= 0.3 is 5.97 Å². The lowest BCUT2D eigenvalue weighted by Crippen LogP contribution is -2.17. The fourth-order valence-electron chi connectivity index (χ4n) is 1.46. The largest absolute Gasteiger partial charge is 0.465 e. The minimum atomic E-state index is -0.516. The predicted octanol–water partition coefficient (Wildman–Crippen LogP) is 2.99. The lowest BCUT2D eigenvalue weighted by molar-refractivity contribution is -0.140. The van der Waals surface area contributed by atoms with Crippen molar-refractivity contribution in [3.05, 3.63) is 28.5 Å². The molecule has 1 rings (SSSR count). The van der Waals surface area contributed by atoms with Crippen LogP contribution in [0.1, 0.15) is 19.4 Å². The number of anilines is 1. The van der Waals surface area contributed by atoms with Crippen LogP contribution in [0.25, 0.3) is 0 Å². The molecule has 0 radical (unpaired) electrons. The van der Waals surface area contributed by atoms with Crippen LogP contribution < -0.4 is 5.32 Å². The second-order valence-electron chi connectivity index (χ2n) is 3.72. The van der Waals surface area contributed by atoms with E-state index in [4.69, 9.17) is 21.1 Å². The number of ether oxygens (including phenoxy) is 2. The monoisotopic (exact) mass is 289 g/mol. The Morgan fingerprint density at radius 1 is 1.37 bits per heavy atom. The molecule has 0 aromatic heterocycles. The molecule has 106 valence electrons. The van der Waals surface area contributed by atoms with Gasteiger partial charge in [-0.05, 0) is 26.0 Å². The topological polar surface area (TPSA) is 47.6 Å². The maximum atomic E-state index is 13.4. The second-order valence-corrected chi connectivity index (χ2v) is 4.13. The molecule has 0 atom stereocenters. The van der Waals surface area contributed by atoms with Gasteiger partial charge < -0.3 is 14.8 Å². The quantitative estimate of drug-likeness (QED) is 0.784. The van der Waals surface area contributed by atoms with Gasteiger partial charge in [-0.2, -0.15) is 0 Å². The van der Waals surface area contributed by atoms with Crippen molar-refractivity contribution in [2.45, 2.75) is 20.5 Å². The highest BCUT2D eigenvalue weighted by Crippen LogP contribution is 2.25. The number of carbonyl (C=O) groups is 1. The Hall–Kier alpha value is -1.33. The number of hydrogen-bond donors (Lipinski definition) is 1. The molecule has 0 amide bonds. The molecule has 0 unspecified atom stereocenters. The number of benzene rings is 1. The molecule has 0 aliphatic rings. The average Bonchev–Trinajstić information content (AvgIpc) is 2.38. The van der Waals surface area contributed by atoms with Crippen LogP contribution in [0.4, 0.5) is 10.1 Å². The summed E-state index contributed by atoms with van der Waals surface area (Å²) < 4.78 is 23.4. The molecular weight excluding hydrogens is 273 g/mol. The fourth-order valence-corrected chi connectivity index (χ4v) is 1.63. The van der Waals surface area contributed by atoms with E-state index in [2.05, 4.69) is 5.32 Å². The first-order valence-electron chi connectivity index (χ1n) is 6.03. The number of hydrogen-bond acceptors (Lipinski definition) is 4. The van der Waals surface area contributed by atoms with Crippen LogP contribution in [-0.4, -0.2) is 25.7 Å². The third kappa shape index (κ3) is 5.04. The molecule has 0 fully saturated rings. The second kappa shape index (κ2) is 7.96. The fraction of sp³-hybridized carbons (Fsp3) is 0.462. The molecule has 1 N–H and O–H groups in total. The number of carbonyl (C=O) groups excluding carboxylic acids is 1. The van der Waals surface area contributed by atoms with Gasteiger partial charge in [0.25, 0.3) is 0 Å². The van der Waals surface area contributed by atoms with Gasteiger partial charge in [-0.25, -0.2) is 4.39 Å². The van der Waals surface area contributed by atoms with Crippen LogP contribution in [0.3, 0.4) is 0 Å². The number of esters is 1. The minimum Gasteiger partial charge on any atom is -0.465 e. The Bertz CT molecular complexity index is 440. The van der Waals surface area contributed by atoms with Crippen molar-refractivity contribution in [1.82, 2.24) is 0 Å². The van der Waals surface area contributed by atoms with Gasteiger partial charge in [-0.1, -0.05) is 11.6 Å². The van der Waals surface area contributed by atoms with Crippen molar-refractivity contribution in [2.75, 3.05) is 25.1 Å². The van der Waals surface area contributed by atoms with Crippen LogP contribution >= 0.6 is 11.6 Å². The van der Waals surface area contributed by atoms with E-state index in [0.29, 0.717) is 24.5 Å². The molecule has 1 aromatic carbocycles. The van der Waals surface area contributed by atoms with E-state index in [1.165, 1.54) is 12.1 Å². The Labute approximate surface area is 116 Å². The highest BCUT2D eigenvalue weighted by Gasteiger charge is 2.10. The van der Waals surface area contributed by atoms with Crippen molar-refractivity contribution in [1.29, 1.82) is 0 Å². The summed E-state index contributed by atoms with van der Waals surface area (Å²) in [5.41, 5.74) is 1.17. The van der Waals surface area contributed by atoms with Crippen LogP contribution in [0.2, 0.25) is 5.02 Å². The van der Waals surface area contributed by atoms with Gasteiger partial charge in [0, 0.05) is 17.9 Å². The Balaban J connectivity index is 2.78. The average molecular weight is 290 g/mol. The summed E-state index contributed by atoms with van der Waals surface area (Å²) in [6, 6.07) is 2.73. The van der Waals surface area contributed by atoms with Gasteiger partial charge in [0.1, 0.15) is 12.4 Å². The maximum absolute atomic E-state index is 13.4. The van der Waals surface area contributed by atoms with Gasteiger partial charge in [0.15, 0.2) is 0 Å². The standard InChI is InChI=1S/C13H17ClFNO3/c1-3-18-8-9-5-11(15)10(14)6-12(9)16-7-13(17)19-4-2/h5-6,16H,3-4,7-8H2,1-2H3. The van der Waals surface area contributed by atoms with Crippen LogP contribution in [0.5, 0.6) is 0 Å². The van der Waals surface area contributed by atoms with Crippen molar-refractivity contribution in [3.8, 4) is 0 Å². The molecule has 0 bridgehead atoms. The molecule has 0 saturated heterocycles. The summed E-state index contributed by atoms with van der Waals surface area (Å²) >= 11 is 5.72. The molecule has 0 saturated carbocycles. The number of rotatable bonds is 7. The molecule has 19 heavy (non-hydrogen) atoms. The van der Waals surface area contributed by atoms with E-state index in [0.717, 1.165) is 0 Å². The highest BCUT2D eigenvalue weighted by atomic mass is 35.5. The van der Waals surface area contributed by atoms with Crippen LogP contribution in [-0.2, 0) is 20.9 Å². The Morgan fingerprint density at radius 3 is 2.74 bits per heavy atom. The zero-order valence-corrected chi connectivity index (χ0v) is 11.7.